The Kier molecular flexibility index (Phi) is 3.96. The van der Waals surface area contributed by atoms with Gasteiger partial charge in [-0.25, -0.2) is 0 Å². The van der Waals surface area contributed by atoms with E-state index in [0.717, 1.165) is 14.4 Å². The van der Waals surface area contributed by atoms with Crippen molar-refractivity contribution in [2.24, 2.45) is 5.92 Å². The first kappa shape index (κ1) is 12.1. The van der Waals surface area contributed by atoms with Gasteiger partial charge in [-0.05, 0) is 25.7 Å². The molecule has 6 heteroatoms. The summed E-state index contributed by atoms with van der Waals surface area (Å²) < 4.78 is 2.01. The monoisotopic (exact) mass is 277 g/mol. The number of fused-ring (bicyclic) bond motifs is 1. The number of nitrogens with zero attached hydrogens (tertiary/aromatic N) is 1. The minimum absolute atomic E-state index is 0.151. The third-order valence-electron chi connectivity index (χ3n) is 2.81. The standard InChI is InChI=1S/C9H15NOP4/c1-6-5-7-3-2-4-8(11)10(7)9(6)15(13)14-12/h2-4,6,9,14H,5,12-13H2,1H3/t6-,9-,15?/m0/s1. The zero-order valence-corrected chi connectivity index (χ0v) is 12.8. The van der Waals surface area contributed by atoms with Crippen molar-refractivity contribution in [3.8, 4) is 0 Å². The zero-order valence-electron chi connectivity index (χ0n) is 8.55. The van der Waals surface area contributed by atoms with E-state index in [0.29, 0.717) is 11.7 Å². The minimum Gasteiger partial charge on any atom is -0.304 e. The van der Waals surface area contributed by atoms with Crippen LogP contribution >= 0.6 is 33.1 Å². The molecule has 6 atom stereocenters. The molecule has 2 heterocycles. The van der Waals surface area contributed by atoms with Crippen molar-refractivity contribution < 1.29 is 0 Å². The fourth-order valence-electron chi connectivity index (χ4n) is 2.18. The predicted molar refractivity (Wildman–Crippen MR) is 77.3 cm³/mol. The van der Waals surface area contributed by atoms with Crippen LogP contribution in [0.25, 0.3) is 0 Å². The van der Waals surface area contributed by atoms with Gasteiger partial charge < -0.3 is 4.57 Å². The summed E-state index contributed by atoms with van der Waals surface area (Å²) in [7, 11) is 6.45. The van der Waals surface area contributed by atoms with E-state index in [1.54, 1.807) is 6.07 Å². The van der Waals surface area contributed by atoms with Gasteiger partial charge in [0, 0.05) is 11.8 Å². The van der Waals surface area contributed by atoms with Crippen molar-refractivity contribution in [1.82, 2.24) is 4.57 Å². The average Bonchev–Trinajstić information content (AvgIpc) is 2.55. The molecule has 0 bridgehead atoms. The molecule has 0 radical (unpaired) electrons. The number of hydrogen-bond donors (Lipinski definition) is 0. The molecule has 2 rings (SSSR count). The lowest BCUT2D eigenvalue weighted by Crippen LogP contribution is -2.21. The van der Waals surface area contributed by atoms with Crippen LogP contribution in [0, 0.1) is 5.92 Å². The Hall–Kier alpha value is 0.670. The molecule has 0 N–H and O–H groups in total. The average molecular weight is 277 g/mol. The van der Waals surface area contributed by atoms with Gasteiger partial charge in [0.05, 0.1) is 5.78 Å². The van der Waals surface area contributed by atoms with Gasteiger partial charge in [-0.1, -0.05) is 20.9 Å². The minimum atomic E-state index is -0.151. The molecule has 1 aliphatic heterocycles. The predicted octanol–water partition coefficient (Wildman–Crippen LogP) is 3.19. The smallest absolute Gasteiger partial charge is 0.251 e. The van der Waals surface area contributed by atoms with Crippen LogP contribution in [-0.2, 0) is 6.42 Å². The van der Waals surface area contributed by atoms with Crippen LogP contribution in [0.1, 0.15) is 18.4 Å². The van der Waals surface area contributed by atoms with Crippen molar-refractivity contribution in [2.75, 3.05) is 0 Å². The maximum Gasteiger partial charge on any atom is 0.251 e. The number of aromatic nitrogens is 1. The van der Waals surface area contributed by atoms with E-state index in [4.69, 9.17) is 0 Å². The van der Waals surface area contributed by atoms with E-state index < -0.39 is 0 Å². The van der Waals surface area contributed by atoms with E-state index >= 15 is 0 Å². The molecule has 0 saturated heterocycles. The maximum absolute atomic E-state index is 11.8. The van der Waals surface area contributed by atoms with Gasteiger partial charge in [-0.15, -0.1) is 17.9 Å². The number of rotatable bonds is 2. The van der Waals surface area contributed by atoms with Gasteiger partial charge in [-0.3, -0.25) is 4.79 Å². The summed E-state index contributed by atoms with van der Waals surface area (Å²) >= 11 is 0. The third kappa shape index (κ3) is 2.21. The Morgan fingerprint density at radius 3 is 3.00 bits per heavy atom. The molecule has 82 valence electrons. The summed E-state index contributed by atoms with van der Waals surface area (Å²) in [6.45, 7) is 2.25. The van der Waals surface area contributed by atoms with Crippen LogP contribution in [0.3, 0.4) is 0 Å². The lowest BCUT2D eigenvalue weighted by Gasteiger charge is -2.24. The second-order valence-corrected chi connectivity index (χ2v) is 13.3. The molecule has 4 unspecified atom stereocenters. The second-order valence-electron chi connectivity index (χ2n) is 3.86. The molecular weight excluding hydrogens is 262 g/mol. The van der Waals surface area contributed by atoms with Crippen LogP contribution in [0.2, 0.25) is 0 Å². The van der Waals surface area contributed by atoms with Crippen LogP contribution in [0.15, 0.2) is 23.0 Å². The molecule has 2 nitrogen and oxygen atoms in total. The fraction of sp³-hybridized carbons (Fsp3) is 0.444. The van der Waals surface area contributed by atoms with Crippen LogP contribution in [0.4, 0.5) is 0 Å². The first-order valence-electron chi connectivity index (χ1n) is 4.85. The highest BCUT2D eigenvalue weighted by Gasteiger charge is 2.32. The van der Waals surface area contributed by atoms with Crippen LogP contribution < -0.4 is 5.56 Å². The largest absolute Gasteiger partial charge is 0.304 e. The summed E-state index contributed by atoms with van der Waals surface area (Å²) in [6, 6.07) is 5.63. The molecule has 0 aliphatic carbocycles. The van der Waals surface area contributed by atoms with Gasteiger partial charge in [-0.2, -0.15) is 0 Å². The third-order valence-corrected chi connectivity index (χ3v) is 13.7. The lowest BCUT2D eigenvalue weighted by molar-refractivity contribution is 0.538. The SMILES string of the molecule is C[C@H]1Cc2cccc(=O)n2[C@H]1P(P)PP. The Morgan fingerprint density at radius 2 is 2.33 bits per heavy atom. The molecule has 0 aromatic carbocycles. The van der Waals surface area contributed by atoms with E-state index in [-0.39, 0.29) is 12.9 Å². The van der Waals surface area contributed by atoms with Crippen molar-refractivity contribution in [3.05, 3.63) is 34.2 Å². The normalized spacial score (nSPS) is 27.1. The molecule has 1 aliphatic rings. The van der Waals surface area contributed by atoms with Gasteiger partial charge in [0.15, 0.2) is 0 Å². The summed E-state index contributed by atoms with van der Waals surface area (Å²) in [5.41, 5.74) is 1.37. The van der Waals surface area contributed by atoms with Gasteiger partial charge in [0.1, 0.15) is 0 Å². The molecule has 0 amide bonds. The van der Waals surface area contributed by atoms with Crippen LogP contribution in [-0.4, -0.2) is 4.57 Å². The first-order valence-corrected chi connectivity index (χ1v) is 11.5. The molecule has 1 aromatic heterocycles. The summed E-state index contributed by atoms with van der Waals surface area (Å²) in [5, 5.41) is 0. The highest BCUT2D eigenvalue weighted by atomic mass is 32.6. The Morgan fingerprint density at radius 1 is 1.60 bits per heavy atom. The summed E-state index contributed by atoms with van der Waals surface area (Å²) in [6.07, 6.45) is 1.04. The fourth-order valence-corrected chi connectivity index (χ4v) is 7.72. The highest BCUT2D eigenvalue weighted by Crippen LogP contribution is 2.75. The molecule has 0 saturated carbocycles. The Balaban J connectivity index is 2.48. The van der Waals surface area contributed by atoms with Gasteiger partial charge in [0.2, 0.25) is 0 Å². The summed E-state index contributed by atoms with van der Waals surface area (Å²) in [4.78, 5) is 11.8. The number of hydrogen-bond acceptors (Lipinski definition) is 1. The van der Waals surface area contributed by atoms with Crippen molar-refractivity contribution in [2.45, 2.75) is 19.1 Å². The number of pyridine rings is 1. The molecule has 0 spiro atoms. The Bertz CT molecular complexity index is 415. The highest BCUT2D eigenvalue weighted by molar-refractivity contribution is 8.61. The quantitative estimate of drug-likeness (QED) is 0.761. The lowest BCUT2D eigenvalue weighted by atomic mass is 10.1. The zero-order chi connectivity index (χ0) is 11.0. The van der Waals surface area contributed by atoms with E-state index in [1.165, 1.54) is 5.69 Å². The molecular formula is C9H15NOP4. The van der Waals surface area contributed by atoms with Crippen LogP contribution in [0.5, 0.6) is 0 Å². The van der Waals surface area contributed by atoms with Crippen molar-refractivity contribution >= 4 is 33.1 Å². The van der Waals surface area contributed by atoms with E-state index in [9.17, 15) is 4.79 Å². The van der Waals surface area contributed by atoms with Gasteiger partial charge in [0.25, 0.3) is 5.56 Å². The topological polar surface area (TPSA) is 22.0 Å². The molecule has 15 heavy (non-hydrogen) atoms. The molecule has 0 fully saturated rings. The van der Waals surface area contributed by atoms with E-state index in [2.05, 4.69) is 30.8 Å². The van der Waals surface area contributed by atoms with Gasteiger partial charge >= 0.3 is 0 Å². The maximum atomic E-state index is 11.8. The molecule has 1 aromatic rings. The van der Waals surface area contributed by atoms with Crippen molar-refractivity contribution in [1.29, 1.82) is 0 Å². The Labute approximate surface area is 97.2 Å². The second kappa shape index (κ2) is 4.89. The van der Waals surface area contributed by atoms with E-state index in [1.807, 2.05) is 10.6 Å². The van der Waals surface area contributed by atoms with Crippen molar-refractivity contribution in [3.63, 3.8) is 0 Å². The first-order chi connectivity index (χ1) is 7.15. The summed E-state index contributed by atoms with van der Waals surface area (Å²) in [5.74, 6) is 1.02.